The zero-order valence-electron chi connectivity index (χ0n) is 12.8. The number of hydrogen-bond donors (Lipinski definition) is 1. The van der Waals surface area contributed by atoms with E-state index >= 15 is 0 Å². The molecule has 1 rings (SSSR count). The van der Waals surface area contributed by atoms with E-state index in [0.717, 1.165) is 19.3 Å². The summed E-state index contributed by atoms with van der Waals surface area (Å²) in [5.41, 5.74) is 0. The summed E-state index contributed by atoms with van der Waals surface area (Å²) in [6.45, 7) is 14.0. The van der Waals surface area contributed by atoms with Crippen molar-refractivity contribution in [3.63, 3.8) is 0 Å². The molecular weight excluding hydrogens is 244 g/mol. The van der Waals surface area contributed by atoms with Crippen molar-refractivity contribution in [2.45, 2.75) is 83.4 Å². The minimum atomic E-state index is -1.67. The third-order valence-corrected chi connectivity index (χ3v) is 8.91. The molecule has 1 saturated heterocycles. The van der Waals surface area contributed by atoms with Crippen LogP contribution in [0.15, 0.2) is 0 Å². The smallest absolute Gasteiger partial charge is 0.191 e. The van der Waals surface area contributed by atoms with Crippen molar-refractivity contribution >= 4 is 8.32 Å². The Morgan fingerprint density at radius 2 is 1.89 bits per heavy atom. The minimum absolute atomic E-state index is 0.0430. The predicted molar refractivity (Wildman–Crippen MR) is 77.3 cm³/mol. The molecule has 0 radical (unpaired) electrons. The van der Waals surface area contributed by atoms with E-state index < -0.39 is 8.32 Å². The highest BCUT2D eigenvalue weighted by Crippen LogP contribution is 2.36. The Morgan fingerprint density at radius 3 is 2.44 bits per heavy atom. The maximum Gasteiger partial charge on any atom is 0.191 e. The van der Waals surface area contributed by atoms with Gasteiger partial charge in [-0.1, -0.05) is 20.8 Å². The normalized spacial score (nSPS) is 30.5. The fourth-order valence-electron chi connectivity index (χ4n) is 1.96. The molecule has 0 spiro atoms. The average Bonchev–Trinajstić information content (AvgIpc) is 2.21. The van der Waals surface area contributed by atoms with E-state index in [9.17, 15) is 5.11 Å². The Morgan fingerprint density at radius 1 is 1.28 bits per heavy atom. The van der Waals surface area contributed by atoms with Gasteiger partial charge in [-0.05, 0) is 44.3 Å². The highest BCUT2D eigenvalue weighted by molar-refractivity contribution is 6.74. The lowest BCUT2D eigenvalue weighted by molar-refractivity contribution is -0.116. The van der Waals surface area contributed by atoms with E-state index in [1.165, 1.54) is 0 Å². The second-order valence-corrected chi connectivity index (χ2v) is 11.8. The monoisotopic (exact) mass is 274 g/mol. The van der Waals surface area contributed by atoms with Gasteiger partial charge >= 0.3 is 0 Å². The number of hydrogen-bond acceptors (Lipinski definition) is 3. The van der Waals surface area contributed by atoms with Crippen LogP contribution in [-0.4, -0.2) is 38.3 Å². The minimum Gasteiger partial charge on any atom is -0.417 e. The van der Waals surface area contributed by atoms with Crippen LogP contribution in [0.3, 0.4) is 0 Å². The summed E-state index contributed by atoms with van der Waals surface area (Å²) in [7, 11) is -1.67. The summed E-state index contributed by atoms with van der Waals surface area (Å²) in [4.78, 5) is 0. The first-order valence-corrected chi connectivity index (χ1v) is 10.0. The van der Waals surface area contributed by atoms with Crippen molar-refractivity contribution in [2.24, 2.45) is 0 Å². The third kappa shape index (κ3) is 4.33. The van der Waals surface area contributed by atoms with Crippen LogP contribution in [0.5, 0.6) is 0 Å². The van der Waals surface area contributed by atoms with E-state index in [0.29, 0.717) is 6.61 Å². The van der Waals surface area contributed by atoms with E-state index in [1.807, 2.05) is 0 Å². The molecule has 18 heavy (non-hydrogen) atoms. The lowest BCUT2D eigenvalue weighted by atomic mass is 10.00. The van der Waals surface area contributed by atoms with Gasteiger partial charge in [-0.15, -0.1) is 0 Å². The quantitative estimate of drug-likeness (QED) is 0.799. The highest BCUT2D eigenvalue weighted by Gasteiger charge is 2.37. The maximum absolute atomic E-state index is 9.91. The second kappa shape index (κ2) is 6.03. The van der Waals surface area contributed by atoms with Gasteiger partial charge in [0.05, 0.1) is 18.3 Å². The van der Waals surface area contributed by atoms with Crippen molar-refractivity contribution < 1.29 is 14.3 Å². The van der Waals surface area contributed by atoms with Gasteiger partial charge in [-0.25, -0.2) is 0 Å². The van der Waals surface area contributed by atoms with E-state index in [1.54, 1.807) is 0 Å². The van der Waals surface area contributed by atoms with Crippen LogP contribution in [0.4, 0.5) is 0 Å². The number of aliphatic hydroxyl groups is 1. The third-order valence-electron chi connectivity index (χ3n) is 4.38. The molecule has 1 N–H and O–H groups in total. The van der Waals surface area contributed by atoms with E-state index in [4.69, 9.17) is 9.16 Å². The van der Waals surface area contributed by atoms with Gasteiger partial charge in [-0.2, -0.15) is 0 Å². The first-order chi connectivity index (χ1) is 8.13. The van der Waals surface area contributed by atoms with Crippen molar-refractivity contribution in [2.75, 3.05) is 6.61 Å². The van der Waals surface area contributed by atoms with Gasteiger partial charge in [0.25, 0.3) is 0 Å². The SMILES string of the molecule is C[C@@H]1CC[C@H](O)[C@@H](CCO[Si](C)(C)C(C)(C)C)O1. The van der Waals surface area contributed by atoms with E-state index in [2.05, 4.69) is 40.8 Å². The van der Waals surface area contributed by atoms with Crippen LogP contribution in [0.1, 0.15) is 47.0 Å². The largest absolute Gasteiger partial charge is 0.417 e. The topological polar surface area (TPSA) is 38.7 Å². The fourth-order valence-corrected chi connectivity index (χ4v) is 3.02. The molecule has 0 aromatic rings. The summed E-state index contributed by atoms with van der Waals surface area (Å²) in [6, 6.07) is 0. The van der Waals surface area contributed by atoms with Crippen molar-refractivity contribution in [3.8, 4) is 0 Å². The Labute approximate surface area is 113 Å². The van der Waals surface area contributed by atoms with Crippen molar-refractivity contribution in [3.05, 3.63) is 0 Å². The molecule has 3 nitrogen and oxygen atoms in total. The summed E-state index contributed by atoms with van der Waals surface area (Å²) in [6.07, 6.45) is 2.53. The molecule has 4 heteroatoms. The molecule has 0 aliphatic carbocycles. The number of ether oxygens (including phenoxy) is 1. The molecule has 0 unspecified atom stereocenters. The highest BCUT2D eigenvalue weighted by atomic mass is 28.4. The Kier molecular flexibility index (Phi) is 5.41. The van der Waals surface area contributed by atoms with Gasteiger partial charge in [0.1, 0.15) is 0 Å². The lowest BCUT2D eigenvalue weighted by Crippen LogP contribution is -2.43. The zero-order valence-corrected chi connectivity index (χ0v) is 13.8. The average molecular weight is 274 g/mol. The van der Waals surface area contributed by atoms with Crippen molar-refractivity contribution in [1.82, 2.24) is 0 Å². The predicted octanol–water partition coefficient (Wildman–Crippen LogP) is 3.33. The van der Waals surface area contributed by atoms with Gasteiger partial charge in [0.15, 0.2) is 8.32 Å². The van der Waals surface area contributed by atoms with Crippen LogP contribution < -0.4 is 0 Å². The second-order valence-electron chi connectivity index (χ2n) is 7.03. The van der Waals surface area contributed by atoms with Crippen LogP contribution in [0.25, 0.3) is 0 Å². The molecule has 108 valence electrons. The molecule has 0 bridgehead atoms. The molecule has 0 saturated carbocycles. The molecule has 0 aromatic carbocycles. The molecule has 3 atom stereocenters. The molecule has 0 amide bonds. The van der Waals surface area contributed by atoms with Gasteiger partial charge in [0, 0.05) is 6.61 Å². The van der Waals surface area contributed by atoms with Crippen LogP contribution in [-0.2, 0) is 9.16 Å². The van der Waals surface area contributed by atoms with Crippen LogP contribution >= 0.6 is 0 Å². The first kappa shape index (κ1) is 16.2. The van der Waals surface area contributed by atoms with Crippen molar-refractivity contribution in [1.29, 1.82) is 0 Å². The fraction of sp³-hybridized carbons (Fsp3) is 1.00. The summed E-state index contributed by atoms with van der Waals surface area (Å²) in [5.74, 6) is 0. The Bertz CT molecular complexity index is 260. The standard InChI is InChI=1S/C14H30O3Si/c1-11-7-8-12(15)13(17-11)9-10-16-18(5,6)14(2,3)4/h11-13,15H,7-10H2,1-6H3/t11-,12+,13-/m1/s1. The van der Waals surface area contributed by atoms with Gasteiger partial charge in [-0.3, -0.25) is 0 Å². The molecule has 1 fully saturated rings. The summed E-state index contributed by atoms with van der Waals surface area (Å²) in [5, 5.41) is 10.1. The number of aliphatic hydroxyl groups excluding tert-OH is 1. The van der Waals surface area contributed by atoms with E-state index in [-0.39, 0.29) is 23.4 Å². The first-order valence-electron chi connectivity index (χ1n) is 7.11. The van der Waals surface area contributed by atoms with Crippen LogP contribution in [0, 0.1) is 0 Å². The Balaban J connectivity index is 2.37. The molecular formula is C14H30O3Si. The molecule has 1 aliphatic heterocycles. The number of rotatable bonds is 4. The summed E-state index contributed by atoms with van der Waals surface area (Å²) < 4.78 is 11.9. The van der Waals surface area contributed by atoms with Gasteiger partial charge < -0.3 is 14.3 Å². The zero-order chi connectivity index (χ0) is 14.0. The molecule has 0 aromatic heterocycles. The summed E-state index contributed by atoms with van der Waals surface area (Å²) >= 11 is 0. The Hall–Kier alpha value is 0.0969. The molecule has 1 heterocycles. The lowest BCUT2D eigenvalue weighted by Gasteiger charge is -2.37. The molecule has 1 aliphatic rings. The van der Waals surface area contributed by atoms with Gasteiger partial charge in [0.2, 0.25) is 0 Å². The maximum atomic E-state index is 9.91. The van der Waals surface area contributed by atoms with Crippen LogP contribution in [0.2, 0.25) is 18.1 Å².